The smallest absolute Gasteiger partial charge is 0.244 e. The van der Waals surface area contributed by atoms with Gasteiger partial charge in [-0.2, -0.15) is 0 Å². The number of nitrogens with zero attached hydrogens (tertiary/aromatic N) is 2. The van der Waals surface area contributed by atoms with Gasteiger partial charge in [0.25, 0.3) is 0 Å². The fourth-order valence-electron chi connectivity index (χ4n) is 1.44. The Hall–Kier alpha value is -0.580. The van der Waals surface area contributed by atoms with E-state index < -0.39 is 0 Å². The van der Waals surface area contributed by atoms with E-state index in [0.717, 1.165) is 0 Å². The molecular weight excluding hydrogens is 263 g/mol. The summed E-state index contributed by atoms with van der Waals surface area (Å²) in [6.07, 6.45) is 2.07. The number of benzene rings is 1. The largest absolute Gasteiger partial charge is 1.00 e. The van der Waals surface area contributed by atoms with Crippen LogP contribution >= 0.6 is 0 Å². The van der Waals surface area contributed by atoms with Crippen molar-refractivity contribution in [1.82, 2.24) is 4.57 Å². The Kier molecular flexibility index (Phi) is 2.72. The molecule has 0 amide bonds. The fraction of sp³-hybridized carbons (Fsp3) is 0.222. The molecule has 2 aromatic rings. The highest BCUT2D eigenvalue weighted by atomic mass is 127. The molecule has 0 N–H and O–H groups in total. The van der Waals surface area contributed by atoms with Crippen LogP contribution in [0.4, 0.5) is 0 Å². The molecule has 2 rings (SSSR count). The molecule has 0 saturated carbocycles. The van der Waals surface area contributed by atoms with Gasteiger partial charge in [0.2, 0.25) is 6.33 Å². The van der Waals surface area contributed by atoms with Crippen molar-refractivity contribution in [2.24, 2.45) is 14.1 Å². The van der Waals surface area contributed by atoms with Crippen molar-refractivity contribution in [3.8, 4) is 0 Å². The van der Waals surface area contributed by atoms with Gasteiger partial charge in [0.15, 0.2) is 11.0 Å². The van der Waals surface area contributed by atoms with E-state index in [1.807, 2.05) is 0 Å². The summed E-state index contributed by atoms with van der Waals surface area (Å²) in [5.74, 6) is 0. The molecule has 0 aliphatic heterocycles. The van der Waals surface area contributed by atoms with E-state index in [-0.39, 0.29) is 24.0 Å². The molecule has 1 aromatic heterocycles. The van der Waals surface area contributed by atoms with Gasteiger partial charge in [0.05, 0.1) is 14.1 Å². The number of imidazole rings is 1. The Morgan fingerprint density at radius 2 is 1.92 bits per heavy atom. The second kappa shape index (κ2) is 3.43. The predicted octanol–water partition coefficient (Wildman–Crippen LogP) is -1.99. The van der Waals surface area contributed by atoms with E-state index in [2.05, 4.69) is 53.8 Å². The van der Waals surface area contributed by atoms with Crippen LogP contribution in [0, 0.1) is 0 Å². The number of fused-ring (bicyclic) bond motifs is 1. The molecular formula is C9H11IN2. The first kappa shape index (κ1) is 9.51. The third-order valence-electron chi connectivity index (χ3n) is 1.99. The second-order valence-electron chi connectivity index (χ2n) is 2.83. The minimum Gasteiger partial charge on any atom is -1.00 e. The van der Waals surface area contributed by atoms with Crippen LogP contribution in [0.1, 0.15) is 0 Å². The molecule has 0 saturated heterocycles. The summed E-state index contributed by atoms with van der Waals surface area (Å²) in [5, 5.41) is 0. The molecule has 0 atom stereocenters. The van der Waals surface area contributed by atoms with E-state index >= 15 is 0 Å². The zero-order chi connectivity index (χ0) is 7.84. The first-order chi connectivity index (χ1) is 5.29. The monoisotopic (exact) mass is 274 g/mol. The molecule has 3 heteroatoms. The third kappa shape index (κ3) is 1.33. The Balaban J connectivity index is 0.000000720. The van der Waals surface area contributed by atoms with Gasteiger partial charge >= 0.3 is 0 Å². The van der Waals surface area contributed by atoms with Crippen molar-refractivity contribution in [2.45, 2.75) is 0 Å². The first-order valence-electron chi connectivity index (χ1n) is 3.69. The molecule has 0 radical (unpaired) electrons. The Morgan fingerprint density at radius 3 is 2.58 bits per heavy atom. The Morgan fingerprint density at radius 1 is 1.25 bits per heavy atom. The molecule has 0 spiro atoms. The number of aromatic nitrogens is 2. The van der Waals surface area contributed by atoms with Gasteiger partial charge in [0.1, 0.15) is 0 Å². The molecule has 0 unspecified atom stereocenters. The van der Waals surface area contributed by atoms with Gasteiger partial charge in [-0.25, -0.2) is 9.13 Å². The van der Waals surface area contributed by atoms with Crippen molar-refractivity contribution < 1.29 is 28.5 Å². The lowest BCUT2D eigenvalue weighted by Gasteiger charge is -1.84. The number of hydrogen-bond acceptors (Lipinski definition) is 0. The highest BCUT2D eigenvalue weighted by Crippen LogP contribution is 2.07. The molecule has 0 bridgehead atoms. The topological polar surface area (TPSA) is 8.81 Å². The maximum Gasteiger partial charge on any atom is 0.244 e. The van der Waals surface area contributed by atoms with Crippen LogP contribution in [0.15, 0.2) is 30.6 Å². The predicted molar refractivity (Wildman–Crippen MR) is 44.1 cm³/mol. The number of hydrogen-bond donors (Lipinski definition) is 0. The van der Waals surface area contributed by atoms with Crippen molar-refractivity contribution in [3.05, 3.63) is 30.6 Å². The summed E-state index contributed by atoms with van der Waals surface area (Å²) in [7, 11) is 4.12. The van der Waals surface area contributed by atoms with Gasteiger partial charge in [0, 0.05) is 0 Å². The van der Waals surface area contributed by atoms with E-state index in [4.69, 9.17) is 0 Å². The van der Waals surface area contributed by atoms with Crippen LogP contribution in [-0.2, 0) is 14.1 Å². The van der Waals surface area contributed by atoms with Gasteiger partial charge in [-0.3, -0.25) is 0 Å². The lowest BCUT2D eigenvalue weighted by atomic mass is 10.3. The maximum absolute atomic E-state index is 2.12. The Labute approximate surface area is 88.8 Å². The van der Waals surface area contributed by atoms with Gasteiger partial charge in [-0.05, 0) is 12.1 Å². The average Bonchev–Trinajstić information content (AvgIpc) is 2.30. The summed E-state index contributed by atoms with van der Waals surface area (Å²) >= 11 is 0. The fourth-order valence-corrected chi connectivity index (χ4v) is 1.44. The van der Waals surface area contributed by atoms with E-state index in [9.17, 15) is 0 Å². The summed E-state index contributed by atoms with van der Waals surface area (Å²) in [6.45, 7) is 0. The van der Waals surface area contributed by atoms with E-state index in [0.29, 0.717) is 0 Å². The second-order valence-corrected chi connectivity index (χ2v) is 2.83. The molecule has 0 aliphatic carbocycles. The van der Waals surface area contributed by atoms with Crippen LogP contribution in [0.5, 0.6) is 0 Å². The van der Waals surface area contributed by atoms with Crippen molar-refractivity contribution in [2.75, 3.05) is 0 Å². The number of para-hydroxylation sites is 2. The lowest BCUT2D eigenvalue weighted by Crippen LogP contribution is -3.00. The van der Waals surface area contributed by atoms with E-state index in [1.165, 1.54) is 11.0 Å². The highest BCUT2D eigenvalue weighted by molar-refractivity contribution is 5.71. The van der Waals surface area contributed by atoms with Crippen molar-refractivity contribution in [1.29, 1.82) is 0 Å². The molecule has 2 nitrogen and oxygen atoms in total. The van der Waals surface area contributed by atoms with Crippen molar-refractivity contribution in [3.63, 3.8) is 0 Å². The summed E-state index contributed by atoms with van der Waals surface area (Å²) in [6, 6.07) is 8.36. The van der Waals surface area contributed by atoms with Crippen LogP contribution in [0.3, 0.4) is 0 Å². The normalized spacial score (nSPS) is 9.83. The average molecular weight is 274 g/mol. The number of aryl methyl sites for hydroxylation is 2. The zero-order valence-corrected chi connectivity index (χ0v) is 9.32. The van der Waals surface area contributed by atoms with Crippen LogP contribution in [0.25, 0.3) is 11.0 Å². The molecule has 12 heavy (non-hydrogen) atoms. The minimum atomic E-state index is 0. The van der Waals surface area contributed by atoms with Crippen molar-refractivity contribution >= 4 is 11.0 Å². The van der Waals surface area contributed by atoms with Crippen LogP contribution in [-0.4, -0.2) is 4.57 Å². The van der Waals surface area contributed by atoms with Gasteiger partial charge in [-0.1, -0.05) is 12.1 Å². The van der Waals surface area contributed by atoms with Gasteiger partial charge < -0.3 is 24.0 Å². The van der Waals surface area contributed by atoms with E-state index in [1.54, 1.807) is 0 Å². The van der Waals surface area contributed by atoms with Crippen LogP contribution < -0.4 is 28.5 Å². The molecule has 0 fully saturated rings. The SMILES string of the molecule is Cn1c[n+](C)c2ccccc21.[I-]. The maximum atomic E-state index is 2.12. The molecule has 0 aliphatic rings. The molecule has 1 heterocycles. The number of halogens is 1. The zero-order valence-electron chi connectivity index (χ0n) is 7.16. The first-order valence-corrected chi connectivity index (χ1v) is 3.69. The summed E-state index contributed by atoms with van der Waals surface area (Å²) in [4.78, 5) is 0. The lowest BCUT2D eigenvalue weighted by molar-refractivity contribution is -0.645. The summed E-state index contributed by atoms with van der Waals surface area (Å²) < 4.78 is 4.24. The standard InChI is InChI=1S/C9H11N2.HI/c1-10-7-11(2)9-6-4-3-5-8(9)10;/h3-7H,1-2H3;1H/q+1;/p-1. The molecule has 64 valence electrons. The summed E-state index contributed by atoms with van der Waals surface area (Å²) in [5.41, 5.74) is 2.55. The third-order valence-corrected chi connectivity index (χ3v) is 1.99. The van der Waals surface area contributed by atoms with Gasteiger partial charge in [-0.15, -0.1) is 0 Å². The molecule has 1 aromatic carbocycles. The number of rotatable bonds is 0. The highest BCUT2D eigenvalue weighted by Gasteiger charge is 2.06. The quantitative estimate of drug-likeness (QED) is 0.388. The van der Waals surface area contributed by atoms with Crippen LogP contribution in [0.2, 0.25) is 0 Å². The minimum absolute atomic E-state index is 0. The Bertz CT molecular complexity index is 356.